The van der Waals surface area contributed by atoms with Gasteiger partial charge >= 0.3 is 0 Å². The number of ether oxygens (including phenoxy) is 1. The first-order valence-corrected chi connectivity index (χ1v) is 8.01. The van der Waals surface area contributed by atoms with Crippen LogP contribution in [-0.2, 0) is 4.74 Å². The van der Waals surface area contributed by atoms with Crippen LogP contribution >= 0.6 is 11.3 Å². The van der Waals surface area contributed by atoms with Crippen LogP contribution in [-0.4, -0.2) is 18.7 Å². The van der Waals surface area contributed by atoms with E-state index in [1.54, 1.807) is 0 Å². The smallest absolute Gasteiger partial charge is 0.104 e. The van der Waals surface area contributed by atoms with Crippen LogP contribution < -0.4 is 5.32 Å². The minimum atomic E-state index is 0.239. The molecule has 0 amide bonds. The van der Waals surface area contributed by atoms with Crippen LogP contribution in [0.15, 0.2) is 30.3 Å². The summed E-state index contributed by atoms with van der Waals surface area (Å²) >= 11 is 1.87. The molecule has 1 aromatic heterocycles. The minimum absolute atomic E-state index is 0.239. The molecular formula is C16H19NOS. The maximum atomic E-state index is 6.18. The van der Waals surface area contributed by atoms with Crippen LogP contribution in [0.4, 0.5) is 0 Å². The summed E-state index contributed by atoms with van der Waals surface area (Å²) in [5, 5.41) is 5.11. The third-order valence-corrected chi connectivity index (χ3v) is 5.75. The molecule has 1 spiro atoms. The molecule has 4 rings (SSSR count). The Kier molecular flexibility index (Phi) is 2.87. The maximum absolute atomic E-state index is 6.18. The molecule has 1 aliphatic carbocycles. The van der Waals surface area contributed by atoms with Crippen LogP contribution in [0.5, 0.6) is 0 Å². The zero-order chi connectivity index (χ0) is 12.7. The molecule has 1 N–H and O–H groups in total. The minimum Gasteiger partial charge on any atom is -0.369 e. The second-order valence-electron chi connectivity index (χ2n) is 5.85. The molecule has 2 aliphatic rings. The van der Waals surface area contributed by atoms with Gasteiger partial charge in [0.05, 0.1) is 6.61 Å². The van der Waals surface area contributed by atoms with Gasteiger partial charge in [0.1, 0.15) is 6.10 Å². The van der Waals surface area contributed by atoms with Gasteiger partial charge in [-0.1, -0.05) is 31.0 Å². The van der Waals surface area contributed by atoms with Crippen LogP contribution in [0.25, 0.3) is 10.1 Å². The molecule has 19 heavy (non-hydrogen) atoms. The monoisotopic (exact) mass is 273 g/mol. The Morgan fingerprint density at radius 3 is 2.79 bits per heavy atom. The lowest BCUT2D eigenvalue weighted by Crippen LogP contribution is -2.52. The van der Waals surface area contributed by atoms with Gasteiger partial charge in [-0.2, -0.15) is 0 Å². The van der Waals surface area contributed by atoms with Gasteiger partial charge in [-0.3, -0.25) is 0 Å². The number of morpholine rings is 1. The van der Waals surface area contributed by atoms with Gasteiger partial charge < -0.3 is 10.1 Å². The summed E-state index contributed by atoms with van der Waals surface area (Å²) in [4.78, 5) is 1.36. The van der Waals surface area contributed by atoms with E-state index in [9.17, 15) is 0 Å². The first-order chi connectivity index (χ1) is 9.35. The van der Waals surface area contributed by atoms with Crippen LogP contribution in [0.3, 0.4) is 0 Å². The quantitative estimate of drug-likeness (QED) is 0.851. The van der Waals surface area contributed by atoms with Gasteiger partial charge in [-0.25, -0.2) is 0 Å². The molecule has 1 saturated heterocycles. The van der Waals surface area contributed by atoms with Crippen molar-refractivity contribution in [2.24, 2.45) is 0 Å². The standard InChI is InChI=1S/C16H19NOS/c1-2-6-14-12(5-1)9-15(19-14)13-10-17-16(11-18-13)7-3-4-8-16/h1-2,5-6,9,13,17H,3-4,7-8,10-11H2. The molecular weight excluding hydrogens is 254 g/mol. The Hall–Kier alpha value is -0.900. The fourth-order valence-electron chi connectivity index (χ4n) is 3.40. The number of fused-ring (bicyclic) bond motifs is 1. The third-order valence-electron chi connectivity index (χ3n) is 4.55. The lowest BCUT2D eigenvalue weighted by atomic mass is 9.96. The molecule has 100 valence electrons. The number of hydrogen-bond acceptors (Lipinski definition) is 3. The highest BCUT2D eigenvalue weighted by Crippen LogP contribution is 2.37. The van der Waals surface area contributed by atoms with E-state index in [2.05, 4.69) is 35.6 Å². The van der Waals surface area contributed by atoms with Crippen LogP contribution in [0.2, 0.25) is 0 Å². The van der Waals surface area contributed by atoms with Gasteiger partial charge in [0.25, 0.3) is 0 Å². The Bertz CT molecular complexity index is 542. The van der Waals surface area contributed by atoms with Crippen molar-refractivity contribution in [2.75, 3.05) is 13.2 Å². The molecule has 1 atom stereocenters. The van der Waals surface area contributed by atoms with Gasteiger partial charge in [-0.15, -0.1) is 11.3 Å². The highest BCUT2D eigenvalue weighted by atomic mass is 32.1. The third kappa shape index (κ3) is 2.10. The highest BCUT2D eigenvalue weighted by Gasteiger charge is 2.38. The molecule has 0 radical (unpaired) electrons. The van der Waals surface area contributed by atoms with Crippen molar-refractivity contribution < 1.29 is 4.74 Å². The SMILES string of the molecule is c1ccc2sc(C3CNC4(CCCC4)CO3)cc2c1. The van der Waals surface area contributed by atoms with Crippen molar-refractivity contribution in [3.63, 3.8) is 0 Å². The summed E-state index contributed by atoms with van der Waals surface area (Å²) in [6.07, 6.45) is 5.51. The molecule has 1 saturated carbocycles. The van der Waals surface area contributed by atoms with Crippen LogP contribution in [0, 0.1) is 0 Å². The van der Waals surface area contributed by atoms with Gasteiger partial charge in [0, 0.05) is 21.7 Å². The van der Waals surface area contributed by atoms with E-state index in [-0.39, 0.29) is 6.10 Å². The summed E-state index contributed by atoms with van der Waals surface area (Å²) in [6, 6.07) is 10.9. The van der Waals surface area contributed by atoms with E-state index < -0.39 is 0 Å². The van der Waals surface area contributed by atoms with Crippen molar-refractivity contribution in [3.8, 4) is 0 Å². The second kappa shape index (κ2) is 4.58. The van der Waals surface area contributed by atoms with Crippen molar-refractivity contribution in [3.05, 3.63) is 35.2 Å². The molecule has 1 aliphatic heterocycles. The average molecular weight is 273 g/mol. The zero-order valence-corrected chi connectivity index (χ0v) is 11.8. The Balaban J connectivity index is 1.54. The number of hydrogen-bond donors (Lipinski definition) is 1. The maximum Gasteiger partial charge on any atom is 0.104 e. The summed E-state index contributed by atoms with van der Waals surface area (Å²) in [7, 11) is 0. The molecule has 1 unspecified atom stereocenters. The van der Waals surface area contributed by atoms with E-state index in [0.29, 0.717) is 5.54 Å². The van der Waals surface area contributed by atoms with Gasteiger partial charge in [-0.05, 0) is 30.4 Å². The lowest BCUT2D eigenvalue weighted by molar-refractivity contribution is -0.0308. The van der Waals surface area contributed by atoms with Crippen molar-refractivity contribution in [1.29, 1.82) is 0 Å². The van der Waals surface area contributed by atoms with E-state index in [0.717, 1.165) is 13.2 Å². The van der Waals surface area contributed by atoms with E-state index in [1.807, 2.05) is 11.3 Å². The summed E-state index contributed by atoms with van der Waals surface area (Å²) in [5.41, 5.74) is 0.299. The molecule has 2 aromatic rings. The predicted octanol–water partition coefficient (Wildman–Crippen LogP) is 3.88. The fraction of sp³-hybridized carbons (Fsp3) is 0.500. The molecule has 0 bridgehead atoms. The molecule has 1 aromatic carbocycles. The van der Waals surface area contributed by atoms with E-state index in [1.165, 1.54) is 40.6 Å². The topological polar surface area (TPSA) is 21.3 Å². The summed E-state index contributed by atoms with van der Waals surface area (Å²) < 4.78 is 7.54. The Labute approximate surface area is 117 Å². The summed E-state index contributed by atoms with van der Waals surface area (Å²) in [5.74, 6) is 0. The Morgan fingerprint density at radius 2 is 2.05 bits per heavy atom. The van der Waals surface area contributed by atoms with Crippen LogP contribution in [0.1, 0.15) is 36.7 Å². The first kappa shape index (κ1) is 11.9. The molecule has 2 heterocycles. The highest BCUT2D eigenvalue weighted by molar-refractivity contribution is 7.19. The average Bonchev–Trinajstić information content (AvgIpc) is 3.06. The molecule has 2 nitrogen and oxygen atoms in total. The number of rotatable bonds is 1. The fourth-order valence-corrected chi connectivity index (χ4v) is 4.51. The summed E-state index contributed by atoms with van der Waals surface area (Å²) in [6.45, 7) is 1.85. The predicted molar refractivity (Wildman–Crippen MR) is 79.7 cm³/mol. The number of benzene rings is 1. The number of nitrogens with one attached hydrogen (secondary N) is 1. The second-order valence-corrected chi connectivity index (χ2v) is 6.97. The molecule has 3 heteroatoms. The van der Waals surface area contributed by atoms with Gasteiger partial charge in [0.2, 0.25) is 0 Å². The van der Waals surface area contributed by atoms with E-state index >= 15 is 0 Å². The number of thiophene rings is 1. The Morgan fingerprint density at radius 1 is 1.21 bits per heavy atom. The van der Waals surface area contributed by atoms with Gasteiger partial charge in [0.15, 0.2) is 0 Å². The van der Waals surface area contributed by atoms with Crippen molar-refractivity contribution in [1.82, 2.24) is 5.32 Å². The normalized spacial score (nSPS) is 26.2. The van der Waals surface area contributed by atoms with Crippen molar-refractivity contribution in [2.45, 2.75) is 37.3 Å². The zero-order valence-electron chi connectivity index (χ0n) is 11.0. The molecule has 2 fully saturated rings. The largest absolute Gasteiger partial charge is 0.369 e. The lowest BCUT2D eigenvalue weighted by Gasteiger charge is -2.38. The first-order valence-electron chi connectivity index (χ1n) is 7.20. The van der Waals surface area contributed by atoms with Crippen molar-refractivity contribution >= 4 is 21.4 Å². The van der Waals surface area contributed by atoms with E-state index in [4.69, 9.17) is 4.74 Å².